The fourth-order valence-corrected chi connectivity index (χ4v) is 5.18. The van der Waals surface area contributed by atoms with Crippen LogP contribution in [0.15, 0.2) is 70.6 Å². The number of hydrogen-bond donors (Lipinski definition) is 2. The number of benzene rings is 2. The zero-order chi connectivity index (χ0) is 21.4. The molecule has 2 N–H and O–H groups in total. The number of aliphatic imine (C=N–C) groups is 1. The van der Waals surface area contributed by atoms with Crippen molar-refractivity contribution in [1.82, 2.24) is 15.5 Å². The summed E-state index contributed by atoms with van der Waals surface area (Å²) in [5.41, 5.74) is 1.33. The first-order chi connectivity index (χ1) is 14.5. The van der Waals surface area contributed by atoms with Crippen LogP contribution in [0.3, 0.4) is 0 Å². The molecule has 30 heavy (non-hydrogen) atoms. The Morgan fingerprint density at radius 3 is 2.43 bits per heavy atom. The van der Waals surface area contributed by atoms with Gasteiger partial charge in [0.25, 0.3) is 0 Å². The first-order valence-corrected chi connectivity index (χ1v) is 12.2. The average molecular weight is 429 g/mol. The molecule has 0 bridgehead atoms. The number of nitrogens with zero attached hydrogens (tertiary/aromatic N) is 2. The van der Waals surface area contributed by atoms with Crippen LogP contribution < -0.4 is 10.6 Å². The molecule has 2 atom stereocenters. The van der Waals surface area contributed by atoms with Crippen LogP contribution in [0.25, 0.3) is 0 Å². The van der Waals surface area contributed by atoms with E-state index in [-0.39, 0.29) is 5.75 Å². The van der Waals surface area contributed by atoms with Gasteiger partial charge >= 0.3 is 0 Å². The summed E-state index contributed by atoms with van der Waals surface area (Å²) in [6, 6.07) is 20.0. The molecule has 6 nitrogen and oxygen atoms in total. The van der Waals surface area contributed by atoms with E-state index >= 15 is 0 Å². The summed E-state index contributed by atoms with van der Waals surface area (Å²) in [5.74, 6) is 0.845. The summed E-state index contributed by atoms with van der Waals surface area (Å²) < 4.78 is 24.7. The highest BCUT2D eigenvalue weighted by Crippen LogP contribution is 2.20. The molecule has 1 aliphatic heterocycles. The second kappa shape index (κ2) is 10.6. The summed E-state index contributed by atoms with van der Waals surface area (Å²) in [5, 5.41) is 6.74. The zero-order valence-electron chi connectivity index (χ0n) is 17.8. The largest absolute Gasteiger partial charge is 0.356 e. The topological polar surface area (TPSA) is 73.8 Å². The lowest BCUT2D eigenvalue weighted by molar-refractivity contribution is 0.258. The van der Waals surface area contributed by atoms with Crippen molar-refractivity contribution in [3.05, 3.63) is 66.2 Å². The molecule has 7 heteroatoms. The Morgan fingerprint density at radius 2 is 1.77 bits per heavy atom. The monoisotopic (exact) mass is 428 g/mol. The lowest BCUT2D eigenvalue weighted by Gasteiger charge is -2.21. The van der Waals surface area contributed by atoms with Crippen molar-refractivity contribution in [3.8, 4) is 0 Å². The molecule has 2 aromatic carbocycles. The van der Waals surface area contributed by atoms with Crippen molar-refractivity contribution in [3.63, 3.8) is 0 Å². The van der Waals surface area contributed by atoms with Gasteiger partial charge in [-0.05, 0) is 37.5 Å². The third-order valence-corrected chi connectivity index (χ3v) is 7.30. The van der Waals surface area contributed by atoms with Gasteiger partial charge in [0.2, 0.25) is 0 Å². The van der Waals surface area contributed by atoms with Gasteiger partial charge in [0.1, 0.15) is 0 Å². The van der Waals surface area contributed by atoms with Crippen LogP contribution in [0.5, 0.6) is 0 Å². The number of guanidine groups is 1. The molecule has 0 amide bonds. The van der Waals surface area contributed by atoms with E-state index in [1.54, 1.807) is 31.3 Å². The Labute approximate surface area is 180 Å². The minimum absolute atomic E-state index is 0.117. The Balaban J connectivity index is 1.42. The number of rotatable bonds is 8. The molecular formula is C23H32N4O2S. The smallest absolute Gasteiger partial charge is 0.191 e. The van der Waals surface area contributed by atoms with E-state index in [0.717, 1.165) is 25.5 Å². The molecule has 1 heterocycles. The first kappa shape index (κ1) is 22.3. The van der Waals surface area contributed by atoms with Crippen LogP contribution in [-0.4, -0.2) is 57.3 Å². The molecule has 2 aromatic rings. The fraction of sp³-hybridized carbons (Fsp3) is 0.435. The van der Waals surface area contributed by atoms with E-state index in [0.29, 0.717) is 29.9 Å². The third kappa shape index (κ3) is 6.31. The van der Waals surface area contributed by atoms with Gasteiger partial charge in [-0.25, -0.2) is 8.42 Å². The summed E-state index contributed by atoms with van der Waals surface area (Å²) in [4.78, 5) is 7.16. The molecule has 0 radical (unpaired) electrons. The van der Waals surface area contributed by atoms with E-state index in [1.807, 2.05) is 12.1 Å². The third-order valence-electron chi connectivity index (χ3n) is 5.48. The maximum absolute atomic E-state index is 12.4. The Bertz CT molecular complexity index is 917. The highest BCUT2D eigenvalue weighted by Gasteiger charge is 2.29. The number of nitrogens with one attached hydrogen (secondary N) is 2. The lowest BCUT2D eigenvalue weighted by atomic mass is 10.2. The van der Waals surface area contributed by atoms with Gasteiger partial charge in [-0.1, -0.05) is 48.5 Å². The highest BCUT2D eigenvalue weighted by molar-refractivity contribution is 7.91. The SMILES string of the molecule is CN=C(NCCCS(=O)(=O)c1ccccc1)NC1CC(C)N(Cc2ccccc2)C1. The van der Waals surface area contributed by atoms with Crippen LogP contribution in [0.4, 0.5) is 0 Å². The molecule has 0 aromatic heterocycles. The summed E-state index contributed by atoms with van der Waals surface area (Å²) in [6.07, 6.45) is 1.58. The average Bonchev–Trinajstić information content (AvgIpc) is 3.10. The van der Waals surface area contributed by atoms with Gasteiger partial charge < -0.3 is 10.6 Å². The molecule has 2 unspecified atom stereocenters. The molecule has 1 saturated heterocycles. The Kier molecular flexibility index (Phi) is 7.87. The predicted molar refractivity (Wildman–Crippen MR) is 122 cm³/mol. The zero-order valence-corrected chi connectivity index (χ0v) is 18.6. The molecule has 1 aliphatic rings. The highest BCUT2D eigenvalue weighted by atomic mass is 32.2. The van der Waals surface area contributed by atoms with Crippen LogP contribution in [-0.2, 0) is 16.4 Å². The quantitative estimate of drug-likeness (QED) is 0.384. The van der Waals surface area contributed by atoms with Gasteiger partial charge in [-0.3, -0.25) is 9.89 Å². The molecule has 162 valence electrons. The first-order valence-electron chi connectivity index (χ1n) is 10.5. The second-order valence-corrected chi connectivity index (χ2v) is 9.93. The maximum atomic E-state index is 12.4. The van der Waals surface area contributed by atoms with Gasteiger partial charge in [0.15, 0.2) is 15.8 Å². The van der Waals surface area contributed by atoms with Crippen molar-refractivity contribution < 1.29 is 8.42 Å². The molecular weight excluding hydrogens is 396 g/mol. The van der Waals surface area contributed by atoms with Crippen molar-refractivity contribution in [2.45, 2.75) is 43.3 Å². The molecule has 1 fully saturated rings. The normalized spacial score (nSPS) is 20.3. The number of sulfone groups is 1. The minimum Gasteiger partial charge on any atom is -0.356 e. The van der Waals surface area contributed by atoms with Gasteiger partial charge in [0.05, 0.1) is 10.6 Å². The Morgan fingerprint density at radius 1 is 1.10 bits per heavy atom. The molecule has 0 spiro atoms. The summed E-state index contributed by atoms with van der Waals surface area (Å²) >= 11 is 0. The molecule has 0 aliphatic carbocycles. The summed E-state index contributed by atoms with van der Waals surface area (Å²) in [6.45, 7) is 4.72. The van der Waals surface area contributed by atoms with Crippen LogP contribution in [0.1, 0.15) is 25.3 Å². The van der Waals surface area contributed by atoms with Crippen molar-refractivity contribution in [2.24, 2.45) is 4.99 Å². The minimum atomic E-state index is -3.24. The van der Waals surface area contributed by atoms with Crippen LogP contribution >= 0.6 is 0 Å². The van der Waals surface area contributed by atoms with Crippen molar-refractivity contribution in [2.75, 3.05) is 25.9 Å². The lowest BCUT2D eigenvalue weighted by Crippen LogP contribution is -2.45. The van der Waals surface area contributed by atoms with Crippen molar-refractivity contribution in [1.29, 1.82) is 0 Å². The number of likely N-dealkylation sites (tertiary alicyclic amines) is 1. The van der Waals surface area contributed by atoms with Gasteiger partial charge in [0, 0.05) is 38.8 Å². The van der Waals surface area contributed by atoms with Gasteiger partial charge in [-0.15, -0.1) is 0 Å². The predicted octanol–water partition coefficient (Wildman–Crippen LogP) is 2.68. The van der Waals surface area contributed by atoms with E-state index in [4.69, 9.17) is 0 Å². The Hall–Kier alpha value is -2.38. The van der Waals surface area contributed by atoms with E-state index in [9.17, 15) is 8.42 Å². The summed E-state index contributed by atoms with van der Waals surface area (Å²) in [7, 11) is -1.49. The van der Waals surface area contributed by atoms with Crippen LogP contribution in [0.2, 0.25) is 0 Å². The maximum Gasteiger partial charge on any atom is 0.191 e. The van der Waals surface area contributed by atoms with E-state index < -0.39 is 9.84 Å². The fourth-order valence-electron chi connectivity index (χ4n) is 3.84. The second-order valence-electron chi connectivity index (χ2n) is 7.83. The van der Waals surface area contributed by atoms with Crippen molar-refractivity contribution >= 4 is 15.8 Å². The van der Waals surface area contributed by atoms with E-state index in [2.05, 4.69) is 51.7 Å². The van der Waals surface area contributed by atoms with E-state index in [1.165, 1.54) is 5.56 Å². The van der Waals surface area contributed by atoms with Crippen LogP contribution in [0, 0.1) is 0 Å². The standard InChI is InChI=1S/C23H32N4O2S/c1-19-16-21(18-27(19)17-20-10-5-3-6-11-20)26-23(24-2)25-14-9-15-30(28,29)22-12-7-4-8-13-22/h3-8,10-13,19,21H,9,14-18H2,1-2H3,(H2,24,25,26). The molecule has 3 rings (SSSR count). The molecule has 0 saturated carbocycles. The van der Waals surface area contributed by atoms with Gasteiger partial charge in [-0.2, -0.15) is 0 Å². The number of hydrogen-bond acceptors (Lipinski definition) is 4.